The summed E-state index contributed by atoms with van der Waals surface area (Å²) in [4.78, 5) is 34.1. The maximum absolute atomic E-state index is 13.7. The van der Waals surface area contributed by atoms with Crippen molar-refractivity contribution in [1.82, 2.24) is 14.2 Å². The van der Waals surface area contributed by atoms with Gasteiger partial charge in [0.2, 0.25) is 15.9 Å². The molecule has 10 heteroatoms. The largest absolute Gasteiger partial charge is 0.449 e. The lowest BCUT2D eigenvalue weighted by molar-refractivity contribution is -0.134. The summed E-state index contributed by atoms with van der Waals surface area (Å²) in [5.74, 6) is -0.265. The lowest BCUT2D eigenvalue weighted by Gasteiger charge is -2.35. The van der Waals surface area contributed by atoms with Gasteiger partial charge in [-0.2, -0.15) is 4.31 Å². The van der Waals surface area contributed by atoms with E-state index in [0.717, 1.165) is 29.7 Å². The fourth-order valence-electron chi connectivity index (χ4n) is 5.82. The van der Waals surface area contributed by atoms with Crippen molar-refractivity contribution in [2.75, 3.05) is 50.4 Å². The van der Waals surface area contributed by atoms with Crippen molar-refractivity contribution in [2.24, 2.45) is 0 Å². The van der Waals surface area contributed by atoms with E-state index in [9.17, 15) is 18.0 Å². The molecule has 4 heterocycles. The van der Waals surface area contributed by atoms with Crippen molar-refractivity contribution in [3.8, 4) is 0 Å². The molecule has 6 rings (SSSR count). The number of piperazine rings is 1. The Hall–Kier alpha value is -2.98. The van der Waals surface area contributed by atoms with Gasteiger partial charge in [0.25, 0.3) is 0 Å². The molecular weight excluding hydrogens is 468 g/mol. The van der Waals surface area contributed by atoms with Gasteiger partial charge in [0.05, 0.1) is 23.8 Å². The third kappa shape index (κ3) is 3.61. The highest BCUT2D eigenvalue weighted by atomic mass is 32.2. The van der Waals surface area contributed by atoms with E-state index in [1.54, 1.807) is 12.4 Å². The molecule has 9 nitrogen and oxygen atoms in total. The molecule has 3 fully saturated rings. The molecular formula is C25H28N4O5S. The van der Waals surface area contributed by atoms with Crippen LogP contribution in [-0.2, 0) is 30.6 Å². The van der Waals surface area contributed by atoms with Gasteiger partial charge in [-0.05, 0) is 36.6 Å². The molecule has 0 radical (unpaired) electrons. The number of anilines is 1. The fourth-order valence-corrected chi connectivity index (χ4v) is 6.65. The Labute approximate surface area is 204 Å². The van der Waals surface area contributed by atoms with Crippen LogP contribution in [0.1, 0.15) is 40.7 Å². The predicted molar refractivity (Wildman–Crippen MR) is 129 cm³/mol. The highest BCUT2D eigenvalue weighted by molar-refractivity contribution is 7.88. The minimum Gasteiger partial charge on any atom is -0.449 e. The Morgan fingerprint density at radius 1 is 1.00 bits per heavy atom. The molecule has 2 aromatic rings. The van der Waals surface area contributed by atoms with E-state index < -0.39 is 21.0 Å². The van der Waals surface area contributed by atoms with Crippen LogP contribution in [0.25, 0.3) is 0 Å². The number of pyridine rings is 1. The third-order valence-corrected chi connectivity index (χ3v) is 9.29. The molecule has 1 unspecified atom stereocenters. The van der Waals surface area contributed by atoms with Crippen LogP contribution in [0.4, 0.5) is 5.69 Å². The average molecular weight is 497 g/mol. The molecule has 1 spiro atoms. The molecule has 35 heavy (non-hydrogen) atoms. The van der Waals surface area contributed by atoms with Crippen molar-refractivity contribution < 1.29 is 22.7 Å². The fraction of sp³-hybridized carbons (Fsp3) is 0.480. The number of aromatic nitrogens is 1. The number of benzene rings is 1. The third-order valence-electron chi connectivity index (χ3n) is 7.99. The minimum atomic E-state index is -3.16. The van der Waals surface area contributed by atoms with Crippen LogP contribution in [0.3, 0.4) is 0 Å². The van der Waals surface area contributed by atoms with E-state index in [1.807, 2.05) is 35.2 Å². The first kappa shape index (κ1) is 22.5. The van der Waals surface area contributed by atoms with Crippen molar-refractivity contribution in [3.05, 3.63) is 59.4 Å². The van der Waals surface area contributed by atoms with Gasteiger partial charge in [-0.15, -0.1) is 0 Å². The van der Waals surface area contributed by atoms with E-state index in [0.29, 0.717) is 51.3 Å². The Morgan fingerprint density at radius 2 is 1.71 bits per heavy atom. The van der Waals surface area contributed by atoms with E-state index in [-0.39, 0.29) is 11.9 Å². The van der Waals surface area contributed by atoms with Crippen LogP contribution in [-0.4, -0.2) is 80.0 Å². The molecule has 0 bridgehead atoms. The average Bonchev–Trinajstić information content (AvgIpc) is 3.49. The summed E-state index contributed by atoms with van der Waals surface area (Å²) in [7, 11) is -3.16. The Balaban J connectivity index is 1.16. The monoisotopic (exact) mass is 496 g/mol. The highest BCUT2D eigenvalue weighted by Gasteiger charge is 2.57. The first-order valence-electron chi connectivity index (χ1n) is 12.0. The zero-order valence-corrected chi connectivity index (χ0v) is 20.5. The molecule has 0 N–H and O–H groups in total. The van der Waals surface area contributed by atoms with Crippen LogP contribution in [0, 0.1) is 0 Å². The van der Waals surface area contributed by atoms with Crippen molar-refractivity contribution >= 4 is 27.6 Å². The second-order valence-corrected chi connectivity index (χ2v) is 12.0. The normalized spacial score (nSPS) is 25.6. The van der Waals surface area contributed by atoms with E-state index in [2.05, 4.69) is 9.88 Å². The smallest absolute Gasteiger partial charge is 0.341 e. The Bertz CT molecular complexity index is 1300. The van der Waals surface area contributed by atoms with Gasteiger partial charge in [0.1, 0.15) is 0 Å². The summed E-state index contributed by atoms with van der Waals surface area (Å²) in [5.41, 5.74) is 2.10. The van der Waals surface area contributed by atoms with Gasteiger partial charge in [-0.1, -0.05) is 12.1 Å². The number of rotatable bonds is 4. The summed E-state index contributed by atoms with van der Waals surface area (Å²) in [5, 5.41) is 0. The first-order valence-corrected chi connectivity index (χ1v) is 13.8. The zero-order valence-electron chi connectivity index (χ0n) is 19.6. The zero-order chi connectivity index (χ0) is 24.4. The minimum absolute atomic E-state index is 0.0995. The molecule has 1 atom stereocenters. The number of fused-ring (bicyclic) bond motifs is 2. The number of carbonyl (C=O) groups excluding carboxylic acids is 2. The number of nitrogens with zero attached hydrogens (tertiary/aromatic N) is 4. The van der Waals surface area contributed by atoms with Gasteiger partial charge in [-0.25, -0.2) is 13.2 Å². The number of hydrogen-bond acceptors (Lipinski definition) is 7. The number of likely N-dealkylation sites (tertiary alicyclic amines) is 1. The van der Waals surface area contributed by atoms with Crippen LogP contribution < -0.4 is 4.90 Å². The lowest BCUT2D eigenvalue weighted by atomic mass is 9.92. The second kappa shape index (κ2) is 7.76. The van der Waals surface area contributed by atoms with Crippen molar-refractivity contribution in [2.45, 2.75) is 30.3 Å². The topological polar surface area (TPSA) is 100 Å². The summed E-state index contributed by atoms with van der Waals surface area (Å²) in [6.07, 6.45) is 6.66. The molecule has 1 aromatic carbocycles. The number of hydrogen-bond donors (Lipinski definition) is 0. The molecule has 1 amide bonds. The van der Waals surface area contributed by atoms with Crippen molar-refractivity contribution in [3.63, 3.8) is 0 Å². The summed E-state index contributed by atoms with van der Waals surface area (Å²) in [6, 6.07) is 9.96. The molecule has 1 aromatic heterocycles. The van der Waals surface area contributed by atoms with Gasteiger partial charge in [0.15, 0.2) is 5.60 Å². The van der Waals surface area contributed by atoms with Crippen LogP contribution in [0.5, 0.6) is 0 Å². The Kier molecular flexibility index (Phi) is 4.98. The predicted octanol–water partition coefficient (Wildman–Crippen LogP) is 1.49. The second-order valence-electron chi connectivity index (χ2n) is 10.1. The summed E-state index contributed by atoms with van der Waals surface area (Å²) in [6.45, 7) is 3.16. The summed E-state index contributed by atoms with van der Waals surface area (Å²) < 4.78 is 30.8. The van der Waals surface area contributed by atoms with E-state index in [1.165, 1.54) is 10.6 Å². The van der Waals surface area contributed by atoms with E-state index >= 15 is 0 Å². The van der Waals surface area contributed by atoms with Gasteiger partial charge < -0.3 is 14.5 Å². The first-order chi connectivity index (χ1) is 16.7. The van der Waals surface area contributed by atoms with Gasteiger partial charge >= 0.3 is 5.97 Å². The van der Waals surface area contributed by atoms with Gasteiger partial charge in [0, 0.05) is 62.8 Å². The maximum Gasteiger partial charge on any atom is 0.341 e. The molecule has 4 aliphatic rings. The maximum atomic E-state index is 13.7. The molecule has 3 aliphatic heterocycles. The van der Waals surface area contributed by atoms with Gasteiger partial charge in [-0.3, -0.25) is 9.78 Å². The number of amides is 1. The quantitative estimate of drug-likeness (QED) is 0.592. The number of ether oxygens (including phenoxy) is 1. The molecule has 1 aliphatic carbocycles. The van der Waals surface area contributed by atoms with Crippen LogP contribution >= 0.6 is 0 Å². The molecule has 1 saturated carbocycles. The van der Waals surface area contributed by atoms with Crippen LogP contribution in [0.15, 0.2) is 42.7 Å². The standard InChI is InChI=1S/C25H28N4O5S/c1-35(32,33)29-14-12-27(13-15-29)19-4-2-18(3-5-19)24(7-8-24)23(31)28-11-9-25(17-28)21-6-10-26-16-20(21)22(30)34-25/h2-6,10,16H,7-9,11-15,17H2,1H3. The van der Waals surface area contributed by atoms with Crippen LogP contribution in [0.2, 0.25) is 0 Å². The molecule has 184 valence electrons. The lowest BCUT2D eigenvalue weighted by Crippen LogP contribution is -2.48. The number of carbonyl (C=O) groups is 2. The summed E-state index contributed by atoms with van der Waals surface area (Å²) >= 11 is 0. The van der Waals surface area contributed by atoms with Crippen molar-refractivity contribution in [1.29, 1.82) is 0 Å². The molecule has 2 saturated heterocycles. The van der Waals surface area contributed by atoms with E-state index in [4.69, 9.17) is 4.74 Å². The number of esters is 1. The highest BCUT2D eigenvalue weighted by Crippen LogP contribution is 2.52. The Morgan fingerprint density at radius 3 is 2.37 bits per heavy atom. The SMILES string of the molecule is CS(=O)(=O)N1CCN(c2ccc(C3(C(=O)N4CCC5(C4)OC(=O)c4cnccc45)CC3)cc2)CC1. The number of sulfonamides is 1.